The summed E-state index contributed by atoms with van der Waals surface area (Å²) in [4.78, 5) is 12.0. The van der Waals surface area contributed by atoms with Crippen LogP contribution in [0.3, 0.4) is 0 Å². The molecule has 4 heteroatoms. The molecule has 1 fully saturated rings. The van der Waals surface area contributed by atoms with Crippen molar-refractivity contribution in [2.45, 2.75) is 25.3 Å². The largest absolute Gasteiger partial charge is 0.497 e. The van der Waals surface area contributed by atoms with E-state index in [9.17, 15) is 4.79 Å². The van der Waals surface area contributed by atoms with E-state index >= 15 is 0 Å². The van der Waals surface area contributed by atoms with Gasteiger partial charge in [-0.1, -0.05) is 6.07 Å². The first-order valence-corrected chi connectivity index (χ1v) is 5.89. The van der Waals surface area contributed by atoms with Gasteiger partial charge in [-0.05, 0) is 31.4 Å². The fourth-order valence-corrected chi connectivity index (χ4v) is 2.20. The molecule has 0 radical (unpaired) electrons. The van der Waals surface area contributed by atoms with Gasteiger partial charge in [0.1, 0.15) is 5.75 Å². The van der Waals surface area contributed by atoms with Gasteiger partial charge < -0.3 is 15.8 Å². The Balaban J connectivity index is 1.98. The van der Waals surface area contributed by atoms with Crippen LogP contribution in [0.5, 0.6) is 5.75 Å². The molecular formula is C13H18N2O2. The maximum Gasteiger partial charge on any atom is 0.227 e. The standard InChI is InChI=1S/C13H18N2O2/c1-17-12-4-2-3-11(8-12)15-13(16)9-5-6-10(14)7-9/h2-4,8-10H,5-7,14H2,1H3,(H,15,16). The van der Waals surface area contributed by atoms with E-state index in [1.807, 2.05) is 24.3 Å². The van der Waals surface area contributed by atoms with Gasteiger partial charge >= 0.3 is 0 Å². The van der Waals surface area contributed by atoms with Gasteiger partial charge in [-0.25, -0.2) is 0 Å². The lowest BCUT2D eigenvalue weighted by molar-refractivity contribution is -0.119. The topological polar surface area (TPSA) is 64.3 Å². The van der Waals surface area contributed by atoms with Crippen molar-refractivity contribution < 1.29 is 9.53 Å². The summed E-state index contributed by atoms with van der Waals surface area (Å²) in [6.45, 7) is 0. The van der Waals surface area contributed by atoms with Crippen LogP contribution >= 0.6 is 0 Å². The molecule has 1 amide bonds. The van der Waals surface area contributed by atoms with Gasteiger partial charge in [0.2, 0.25) is 5.91 Å². The third-order valence-electron chi connectivity index (χ3n) is 3.18. The molecule has 4 nitrogen and oxygen atoms in total. The zero-order valence-electron chi connectivity index (χ0n) is 9.98. The fraction of sp³-hybridized carbons (Fsp3) is 0.462. The third kappa shape index (κ3) is 2.97. The Bertz CT molecular complexity index is 406. The highest BCUT2D eigenvalue weighted by Crippen LogP contribution is 2.26. The minimum absolute atomic E-state index is 0.0520. The normalized spacial score (nSPS) is 23.4. The second kappa shape index (κ2) is 5.19. The van der Waals surface area contributed by atoms with Gasteiger partial charge in [0.05, 0.1) is 7.11 Å². The molecule has 0 spiro atoms. The summed E-state index contributed by atoms with van der Waals surface area (Å²) in [5.74, 6) is 0.855. The van der Waals surface area contributed by atoms with Crippen LogP contribution in [0, 0.1) is 5.92 Å². The van der Waals surface area contributed by atoms with E-state index in [1.54, 1.807) is 7.11 Å². The molecule has 1 aliphatic rings. The molecule has 0 saturated heterocycles. The van der Waals surface area contributed by atoms with Crippen molar-refractivity contribution in [3.8, 4) is 5.75 Å². The Morgan fingerprint density at radius 3 is 2.94 bits per heavy atom. The Hall–Kier alpha value is -1.55. The van der Waals surface area contributed by atoms with E-state index in [2.05, 4.69) is 5.32 Å². The second-order valence-corrected chi connectivity index (χ2v) is 4.49. The predicted molar refractivity (Wildman–Crippen MR) is 66.9 cm³/mol. The molecule has 0 aromatic heterocycles. The monoisotopic (exact) mass is 234 g/mol. The smallest absolute Gasteiger partial charge is 0.227 e. The van der Waals surface area contributed by atoms with Gasteiger partial charge in [0.15, 0.2) is 0 Å². The van der Waals surface area contributed by atoms with E-state index in [0.29, 0.717) is 0 Å². The van der Waals surface area contributed by atoms with E-state index in [1.165, 1.54) is 0 Å². The van der Waals surface area contributed by atoms with E-state index in [-0.39, 0.29) is 17.9 Å². The number of hydrogen-bond donors (Lipinski definition) is 2. The van der Waals surface area contributed by atoms with Crippen LogP contribution in [0.15, 0.2) is 24.3 Å². The lowest BCUT2D eigenvalue weighted by Crippen LogP contribution is -2.23. The van der Waals surface area contributed by atoms with Crippen molar-refractivity contribution in [3.05, 3.63) is 24.3 Å². The summed E-state index contributed by atoms with van der Waals surface area (Å²) in [7, 11) is 1.61. The molecule has 0 heterocycles. The van der Waals surface area contributed by atoms with Gasteiger partial charge in [-0.3, -0.25) is 4.79 Å². The van der Waals surface area contributed by atoms with Crippen LogP contribution in [0.1, 0.15) is 19.3 Å². The average Bonchev–Trinajstić information content (AvgIpc) is 2.76. The molecule has 2 unspecified atom stereocenters. The molecule has 1 aliphatic carbocycles. The number of benzene rings is 1. The lowest BCUT2D eigenvalue weighted by Gasteiger charge is -2.11. The molecule has 0 bridgehead atoms. The number of carbonyl (C=O) groups excluding carboxylic acids is 1. The number of nitrogens with two attached hydrogens (primary N) is 1. The number of amides is 1. The summed E-state index contributed by atoms with van der Waals surface area (Å²) < 4.78 is 5.11. The minimum Gasteiger partial charge on any atom is -0.497 e. The zero-order chi connectivity index (χ0) is 12.3. The van der Waals surface area contributed by atoms with Crippen molar-refractivity contribution in [2.75, 3.05) is 12.4 Å². The Morgan fingerprint density at radius 2 is 2.29 bits per heavy atom. The highest BCUT2D eigenvalue weighted by Gasteiger charge is 2.27. The number of ether oxygens (including phenoxy) is 1. The minimum atomic E-state index is 0.0520. The first kappa shape index (κ1) is 11.9. The summed E-state index contributed by atoms with van der Waals surface area (Å²) in [6.07, 6.45) is 2.61. The molecular weight excluding hydrogens is 216 g/mol. The van der Waals surface area contributed by atoms with Crippen LogP contribution < -0.4 is 15.8 Å². The molecule has 3 N–H and O–H groups in total. The van der Waals surface area contributed by atoms with E-state index in [0.717, 1.165) is 30.7 Å². The maximum atomic E-state index is 12.0. The highest BCUT2D eigenvalue weighted by molar-refractivity contribution is 5.92. The Labute approximate surface area is 101 Å². The quantitative estimate of drug-likeness (QED) is 0.837. The molecule has 17 heavy (non-hydrogen) atoms. The number of rotatable bonds is 3. The summed E-state index contributed by atoms with van der Waals surface area (Å²) >= 11 is 0. The predicted octanol–water partition coefficient (Wildman–Crippen LogP) is 1.76. The van der Waals surface area contributed by atoms with E-state index in [4.69, 9.17) is 10.5 Å². The Morgan fingerprint density at radius 1 is 1.47 bits per heavy atom. The fourth-order valence-electron chi connectivity index (χ4n) is 2.20. The number of nitrogens with one attached hydrogen (secondary N) is 1. The van der Waals surface area contributed by atoms with Crippen LogP contribution in [-0.2, 0) is 4.79 Å². The van der Waals surface area contributed by atoms with Gasteiger partial charge in [-0.15, -0.1) is 0 Å². The number of carbonyl (C=O) groups is 1. The SMILES string of the molecule is COc1cccc(NC(=O)C2CCC(N)C2)c1. The Kier molecular flexibility index (Phi) is 3.64. The summed E-state index contributed by atoms with van der Waals surface area (Å²) in [5.41, 5.74) is 6.57. The molecule has 2 rings (SSSR count). The molecule has 0 aliphatic heterocycles. The van der Waals surface area contributed by atoms with Crippen LogP contribution in [0.2, 0.25) is 0 Å². The number of methoxy groups -OCH3 is 1. The first-order chi connectivity index (χ1) is 8.19. The van der Waals surface area contributed by atoms with Crippen molar-refractivity contribution in [3.63, 3.8) is 0 Å². The maximum absolute atomic E-state index is 12.0. The number of hydrogen-bond acceptors (Lipinski definition) is 3. The second-order valence-electron chi connectivity index (χ2n) is 4.49. The van der Waals surface area contributed by atoms with Crippen LogP contribution in [0.25, 0.3) is 0 Å². The van der Waals surface area contributed by atoms with Crippen molar-refractivity contribution in [2.24, 2.45) is 11.7 Å². The summed E-state index contributed by atoms with van der Waals surface area (Å²) in [6, 6.07) is 7.55. The molecule has 1 aromatic rings. The third-order valence-corrected chi connectivity index (χ3v) is 3.18. The van der Waals surface area contributed by atoms with Crippen LogP contribution in [-0.4, -0.2) is 19.1 Å². The van der Waals surface area contributed by atoms with Gasteiger partial charge in [-0.2, -0.15) is 0 Å². The lowest BCUT2D eigenvalue weighted by atomic mass is 10.1. The van der Waals surface area contributed by atoms with Crippen molar-refractivity contribution >= 4 is 11.6 Å². The van der Waals surface area contributed by atoms with Gasteiger partial charge in [0, 0.05) is 23.7 Å². The molecule has 1 saturated carbocycles. The highest BCUT2D eigenvalue weighted by atomic mass is 16.5. The summed E-state index contributed by atoms with van der Waals surface area (Å²) in [5, 5.41) is 2.90. The molecule has 92 valence electrons. The molecule has 2 atom stereocenters. The first-order valence-electron chi connectivity index (χ1n) is 5.89. The zero-order valence-corrected chi connectivity index (χ0v) is 9.98. The molecule has 1 aromatic carbocycles. The average molecular weight is 234 g/mol. The van der Waals surface area contributed by atoms with Crippen molar-refractivity contribution in [1.82, 2.24) is 0 Å². The number of anilines is 1. The van der Waals surface area contributed by atoms with Gasteiger partial charge in [0.25, 0.3) is 0 Å². The van der Waals surface area contributed by atoms with E-state index < -0.39 is 0 Å². The van der Waals surface area contributed by atoms with Crippen molar-refractivity contribution in [1.29, 1.82) is 0 Å². The van der Waals surface area contributed by atoms with Crippen LogP contribution in [0.4, 0.5) is 5.69 Å².